The summed E-state index contributed by atoms with van der Waals surface area (Å²) in [5.41, 5.74) is 1.37. The average molecular weight is 297 g/mol. The van der Waals surface area contributed by atoms with Crippen LogP contribution in [0.1, 0.15) is 5.56 Å². The van der Waals surface area contributed by atoms with E-state index in [2.05, 4.69) is 10.5 Å². The Hall–Kier alpha value is -3.02. The minimum Gasteiger partial charge on any atom is -0.548 e. The Bertz CT molecular complexity index is 735. The monoisotopic (exact) mass is 297 g/mol. The van der Waals surface area contributed by atoms with E-state index in [1.165, 1.54) is 6.26 Å². The Morgan fingerprint density at radius 3 is 2.73 bits per heavy atom. The molecule has 0 fully saturated rings. The molecule has 1 aromatic carbocycles. The standard InChI is InChI=1S/C16H14N2O4/c19-16(20)13(9-11-5-2-1-3-6-11)17-15-10-12(18-22-15)14-7-4-8-21-14/h1-8,10,13,17H,9H2,(H,19,20)/p-1/t13-/m0/s1. The zero-order valence-electron chi connectivity index (χ0n) is 11.6. The van der Waals surface area contributed by atoms with Crippen LogP contribution in [0.25, 0.3) is 11.5 Å². The minimum atomic E-state index is -1.21. The number of aromatic nitrogens is 1. The number of carbonyl (C=O) groups is 1. The van der Waals surface area contributed by atoms with Crippen molar-refractivity contribution in [3.05, 3.63) is 60.4 Å². The maximum Gasteiger partial charge on any atom is 0.225 e. The fourth-order valence-corrected chi connectivity index (χ4v) is 2.10. The number of nitrogens with one attached hydrogen (secondary N) is 1. The summed E-state index contributed by atoms with van der Waals surface area (Å²) in [5, 5.41) is 17.9. The first kappa shape index (κ1) is 13.9. The topological polar surface area (TPSA) is 91.3 Å². The van der Waals surface area contributed by atoms with E-state index in [-0.39, 0.29) is 12.3 Å². The number of carbonyl (C=O) groups excluding carboxylic acids is 1. The predicted molar refractivity (Wildman–Crippen MR) is 76.8 cm³/mol. The molecule has 2 heterocycles. The molecule has 22 heavy (non-hydrogen) atoms. The van der Waals surface area contributed by atoms with E-state index in [0.29, 0.717) is 11.5 Å². The summed E-state index contributed by atoms with van der Waals surface area (Å²) in [5.74, 6) is -0.416. The number of carboxylic acid groups (broad SMARTS) is 1. The van der Waals surface area contributed by atoms with E-state index in [9.17, 15) is 9.90 Å². The second kappa shape index (κ2) is 6.17. The van der Waals surface area contributed by atoms with Crippen LogP contribution in [0.2, 0.25) is 0 Å². The Labute approximate surface area is 126 Å². The number of nitrogens with zero attached hydrogens (tertiary/aromatic N) is 1. The summed E-state index contributed by atoms with van der Waals surface area (Å²) in [7, 11) is 0. The maximum atomic E-state index is 11.3. The molecule has 0 aliphatic heterocycles. The predicted octanol–water partition coefficient (Wildman–Crippen LogP) is 1.71. The maximum absolute atomic E-state index is 11.3. The van der Waals surface area contributed by atoms with Crippen molar-refractivity contribution in [2.24, 2.45) is 0 Å². The third-order valence-electron chi connectivity index (χ3n) is 3.17. The molecule has 1 atom stereocenters. The van der Waals surface area contributed by atoms with E-state index in [4.69, 9.17) is 8.94 Å². The molecule has 0 radical (unpaired) electrons. The smallest absolute Gasteiger partial charge is 0.225 e. The highest BCUT2D eigenvalue weighted by Gasteiger charge is 2.15. The zero-order valence-corrected chi connectivity index (χ0v) is 11.6. The van der Waals surface area contributed by atoms with Crippen LogP contribution in [0, 0.1) is 0 Å². The van der Waals surface area contributed by atoms with Gasteiger partial charge in [-0.2, -0.15) is 0 Å². The fraction of sp³-hybridized carbons (Fsp3) is 0.125. The number of aliphatic carboxylic acids is 1. The van der Waals surface area contributed by atoms with Crippen LogP contribution in [-0.2, 0) is 11.2 Å². The van der Waals surface area contributed by atoms with Crippen molar-refractivity contribution in [3.63, 3.8) is 0 Å². The first-order chi connectivity index (χ1) is 10.7. The summed E-state index contributed by atoms with van der Waals surface area (Å²) in [6.45, 7) is 0. The first-order valence-corrected chi connectivity index (χ1v) is 6.74. The molecule has 6 heteroatoms. The first-order valence-electron chi connectivity index (χ1n) is 6.74. The van der Waals surface area contributed by atoms with Crippen LogP contribution < -0.4 is 10.4 Å². The highest BCUT2D eigenvalue weighted by molar-refractivity contribution is 5.75. The normalized spacial score (nSPS) is 12.0. The second-order valence-electron chi connectivity index (χ2n) is 4.76. The lowest BCUT2D eigenvalue weighted by Gasteiger charge is -2.18. The van der Waals surface area contributed by atoms with Crippen LogP contribution in [0.3, 0.4) is 0 Å². The summed E-state index contributed by atoms with van der Waals surface area (Å²) in [6.07, 6.45) is 1.80. The van der Waals surface area contributed by atoms with Gasteiger partial charge in [0, 0.05) is 6.07 Å². The molecule has 0 aliphatic rings. The molecule has 0 saturated carbocycles. The van der Waals surface area contributed by atoms with Gasteiger partial charge in [-0.1, -0.05) is 35.5 Å². The molecule has 0 spiro atoms. The van der Waals surface area contributed by atoms with Gasteiger partial charge in [-0.15, -0.1) is 0 Å². The number of furan rings is 1. The van der Waals surface area contributed by atoms with E-state index < -0.39 is 12.0 Å². The quantitative estimate of drug-likeness (QED) is 0.744. The fourth-order valence-electron chi connectivity index (χ4n) is 2.10. The molecule has 0 unspecified atom stereocenters. The van der Waals surface area contributed by atoms with E-state index in [1.54, 1.807) is 18.2 Å². The molecular weight excluding hydrogens is 284 g/mol. The molecule has 0 aliphatic carbocycles. The Morgan fingerprint density at radius 2 is 2.05 bits per heavy atom. The SMILES string of the molecule is O=C([O-])[C@H](Cc1ccccc1)Nc1cc(-c2ccco2)no1. The number of hydrogen-bond acceptors (Lipinski definition) is 6. The number of carboxylic acids is 1. The van der Waals surface area contributed by atoms with Crippen LogP contribution >= 0.6 is 0 Å². The van der Waals surface area contributed by atoms with Gasteiger partial charge in [0.1, 0.15) is 0 Å². The molecule has 1 N–H and O–H groups in total. The van der Waals surface area contributed by atoms with Gasteiger partial charge in [0.2, 0.25) is 5.88 Å². The highest BCUT2D eigenvalue weighted by Crippen LogP contribution is 2.22. The Balaban J connectivity index is 1.73. The zero-order chi connectivity index (χ0) is 15.4. The third-order valence-corrected chi connectivity index (χ3v) is 3.17. The average Bonchev–Trinajstić information content (AvgIpc) is 3.18. The summed E-state index contributed by atoms with van der Waals surface area (Å²) < 4.78 is 10.3. The van der Waals surface area contributed by atoms with Crippen molar-refractivity contribution in [3.8, 4) is 11.5 Å². The van der Waals surface area contributed by atoms with Gasteiger partial charge in [0.25, 0.3) is 0 Å². The molecule has 3 rings (SSSR count). The molecule has 0 saturated heterocycles. The lowest BCUT2D eigenvalue weighted by Crippen LogP contribution is -2.42. The number of benzene rings is 1. The third kappa shape index (κ3) is 3.17. The van der Waals surface area contributed by atoms with Crippen LogP contribution in [0.5, 0.6) is 0 Å². The van der Waals surface area contributed by atoms with Gasteiger partial charge >= 0.3 is 0 Å². The summed E-state index contributed by atoms with van der Waals surface area (Å²) in [6, 6.07) is 13.4. The largest absolute Gasteiger partial charge is 0.548 e. The van der Waals surface area contributed by atoms with Gasteiger partial charge in [0.05, 0.1) is 18.3 Å². The van der Waals surface area contributed by atoms with Crippen molar-refractivity contribution < 1.29 is 18.8 Å². The van der Waals surface area contributed by atoms with Crippen molar-refractivity contribution in [2.75, 3.05) is 5.32 Å². The van der Waals surface area contributed by atoms with Gasteiger partial charge in [-0.25, -0.2) is 0 Å². The minimum absolute atomic E-state index is 0.247. The molecule has 2 aromatic heterocycles. The van der Waals surface area contributed by atoms with Crippen molar-refractivity contribution in [1.82, 2.24) is 5.16 Å². The lowest BCUT2D eigenvalue weighted by atomic mass is 10.1. The molecule has 0 bridgehead atoms. The van der Waals surface area contributed by atoms with Crippen molar-refractivity contribution in [2.45, 2.75) is 12.5 Å². The van der Waals surface area contributed by atoms with Gasteiger partial charge in [-0.3, -0.25) is 0 Å². The Kier molecular flexibility index (Phi) is 3.91. The van der Waals surface area contributed by atoms with Crippen molar-refractivity contribution >= 4 is 11.9 Å². The summed E-state index contributed by atoms with van der Waals surface area (Å²) >= 11 is 0. The summed E-state index contributed by atoms with van der Waals surface area (Å²) in [4.78, 5) is 11.3. The number of hydrogen-bond donors (Lipinski definition) is 1. The molecular formula is C16H13N2O4-. The van der Waals surface area contributed by atoms with Gasteiger partial charge in [0.15, 0.2) is 11.5 Å². The molecule has 6 nitrogen and oxygen atoms in total. The van der Waals surface area contributed by atoms with E-state index in [0.717, 1.165) is 5.56 Å². The van der Waals surface area contributed by atoms with Crippen LogP contribution in [-0.4, -0.2) is 17.2 Å². The van der Waals surface area contributed by atoms with Crippen LogP contribution in [0.15, 0.2) is 63.7 Å². The van der Waals surface area contributed by atoms with E-state index >= 15 is 0 Å². The molecule has 0 amide bonds. The Morgan fingerprint density at radius 1 is 1.23 bits per heavy atom. The second-order valence-corrected chi connectivity index (χ2v) is 4.76. The lowest BCUT2D eigenvalue weighted by molar-refractivity contribution is -0.306. The highest BCUT2D eigenvalue weighted by atomic mass is 16.5. The number of rotatable bonds is 6. The van der Waals surface area contributed by atoms with Crippen molar-refractivity contribution in [1.29, 1.82) is 0 Å². The van der Waals surface area contributed by atoms with E-state index in [1.807, 2.05) is 30.3 Å². The van der Waals surface area contributed by atoms with Crippen LogP contribution in [0.4, 0.5) is 5.88 Å². The molecule has 3 aromatic rings. The van der Waals surface area contributed by atoms with Gasteiger partial charge in [-0.05, 0) is 24.1 Å². The van der Waals surface area contributed by atoms with Gasteiger partial charge < -0.3 is 24.2 Å². The number of anilines is 1. The molecule has 112 valence electrons.